The highest BCUT2D eigenvalue weighted by molar-refractivity contribution is 7.13. The van der Waals surface area contributed by atoms with Crippen LogP contribution in [-0.4, -0.2) is 40.2 Å². The molecule has 2 aromatic carbocycles. The molecule has 0 spiro atoms. The van der Waals surface area contributed by atoms with Crippen LogP contribution < -0.4 is 9.47 Å². The second kappa shape index (κ2) is 9.61. The van der Waals surface area contributed by atoms with Gasteiger partial charge in [-0.2, -0.15) is 0 Å². The van der Waals surface area contributed by atoms with Crippen LogP contribution in [0.15, 0.2) is 35.7 Å². The summed E-state index contributed by atoms with van der Waals surface area (Å²) >= 11 is 1.40. The Morgan fingerprint density at radius 3 is 2.39 bits per heavy atom. The lowest BCUT2D eigenvalue weighted by atomic mass is 9.99. The number of ether oxygens (including phenoxy) is 2. The first-order valence-corrected chi connectivity index (χ1v) is 10.7. The molecule has 3 rings (SSSR count). The third-order valence-corrected chi connectivity index (χ3v) is 5.34. The van der Waals surface area contributed by atoms with Gasteiger partial charge in [-0.1, -0.05) is 0 Å². The van der Waals surface area contributed by atoms with Gasteiger partial charge in [-0.15, -0.1) is 11.3 Å². The average molecular weight is 442 g/mol. The molecule has 1 aromatic heterocycles. The molecule has 1 heterocycles. The zero-order valence-corrected chi connectivity index (χ0v) is 18.3. The molecule has 3 aromatic rings. The van der Waals surface area contributed by atoms with Crippen LogP contribution in [0.4, 0.5) is 0 Å². The fourth-order valence-corrected chi connectivity index (χ4v) is 3.96. The molecule has 0 amide bonds. The predicted molar refractivity (Wildman–Crippen MR) is 118 cm³/mol. The molecule has 0 aliphatic carbocycles. The predicted octanol–water partition coefficient (Wildman–Crippen LogP) is 4.81. The van der Waals surface area contributed by atoms with Crippen LogP contribution in [0.1, 0.15) is 36.7 Å². The van der Waals surface area contributed by atoms with Gasteiger partial charge in [0.25, 0.3) is 0 Å². The van der Waals surface area contributed by atoms with E-state index in [9.17, 15) is 19.8 Å². The lowest BCUT2D eigenvalue weighted by molar-refractivity contribution is -0.116. The summed E-state index contributed by atoms with van der Waals surface area (Å²) in [4.78, 5) is 27.8. The third kappa shape index (κ3) is 5.03. The smallest absolute Gasteiger partial charge is 0.339 e. The van der Waals surface area contributed by atoms with Crippen molar-refractivity contribution in [1.82, 2.24) is 4.98 Å². The van der Waals surface area contributed by atoms with Gasteiger partial charge in [0.1, 0.15) is 22.1 Å². The minimum atomic E-state index is -1.27. The Bertz CT molecular complexity index is 1120. The number of Topliss-reactive ketones (excluding diaryl/α,β-unsaturated/α-hetero) is 1. The number of thiazole rings is 1. The molecular formula is C23H23NO6S. The van der Waals surface area contributed by atoms with E-state index in [1.165, 1.54) is 24.3 Å². The molecule has 8 heteroatoms. The van der Waals surface area contributed by atoms with Crippen molar-refractivity contribution in [1.29, 1.82) is 0 Å². The van der Waals surface area contributed by atoms with Gasteiger partial charge in [0.2, 0.25) is 0 Å². The standard InChI is InChI=1S/C23H23NO6S/c1-4-29-19-7-6-14(11-20(19)30-5-2)22-24-18(12-31-22)15-9-16(8-13(3)25)21(26)17(10-15)23(27)28/h6-7,9-12,26H,4-5,8H2,1-3H3,(H,27,28). The summed E-state index contributed by atoms with van der Waals surface area (Å²) in [6.45, 7) is 6.20. The van der Waals surface area contributed by atoms with Crippen LogP contribution >= 0.6 is 11.3 Å². The van der Waals surface area contributed by atoms with E-state index < -0.39 is 11.7 Å². The number of phenols is 1. The number of aromatic carboxylic acids is 1. The van der Waals surface area contributed by atoms with E-state index in [0.717, 1.165) is 10.6 Å². The molecule has 162 valence electrons. The summed E-state index contributed by atoms with van der Waals surface area (Å²) in [6, 6.07) is 8.54. The van der Waals surface area contributed by atoms with Crippen molar-refractivity contribution in [3.63, 3.8) is 0 Å². The minimum absolute atomic E-state index is 0.0619. The maximum Gasteiger partial charge on any atom is 0.339 e. The fraction of sp³-hybridized carbons (Fsp3) is 0.261. The molecule has 31 heavy (non-hydrogen) atoms. The molecule has 0 aliphatic rings. The Morgan fingerprint density at radius 1 is 1.03 bits per heavy atom. The second-order valence-corrected chi connectivity index (χ2v) is 7.64. The average Bonchev–Trinajstić information content (AvgIpc) is 3.21. The number of rotatable bonds is 9. The third-order valence-electron chi connectivity index (χ3n) is 4.45. The minimum Gasteiger partial charge on any atom is -0.507 e. The van der Waals surface area contributed by atoms with E-state index >= 15 is 0 Å². The number of aromatic nitrogens is 1. The van der Waals surface area contributed by atoms with Crippen molar-refractivity contribution >= 4 is 23.1 Å². The highest BCUT2D eigenvalue weighted by Crippen LogP contribution is 2.37. The highest BCUT2D eigenvalue weighted by atomic mass is 32.1. The first-order chi connectivity index (χ1) is 14.8. The Morgan fingerprint density at radius 2 is 1.74 bits per heavy atom. The second-order valence-electron chi connectivity index (χ2n) is 6.78. The number of ketones is 1. The summed E-state index contributed by atoms with van der Waals surface area (Å²) in [5, 5.41) is 22.2. The van der Waals surface area contributed by atoms with Gasteiger partial charge >= 0.3 is 5.97 Å². The van der Waals surface area contributed by atoms with Crippen LogP contribution in [0.25, 0.3) is 21.8 Å². The van der Waals surface area contributed by atoms with Crippen molar-refractivity contribution < 1.29 is 29.3 Å². The molecule has 0 saturated heterocycles. The van der Waals surface area contributed by atoms with E-state index in [0.29, 0.717) is 36.0 Å². The summed E-state index contributed by atoms with van der Waals surface area (Å²) < 4.78 is 11.3. The molecule has 0 saturated carbocycles. The van der Waals surface area contributed by atoms with E-state index in [2.05, 4.69) is 4.98 Å². The Labute approximate surface area is 183 Å². The van der Waals surface area contributed by atoms with Crippen molar-refractivity contribution in [3.05, 3.63) is 46.8 Å². The van der Waals surface area contributed by atoms with Gasteiger partial charge in [0, 0.05) is 28.5 Å². The largest absolute Gasteiger partial charge is 0.507 e. The SMILES string of the molecule is CCOc1ccc(-c2nc(-c3cc(CC(C)=O)c(O)c(C(=O)O)c3)cs2)cc1OCC. The number of nitrogens with zero attached hydrogens (tertiary/aromatic N) is 1. The molecule has 0 radical (unpaired) electrons. The van der Waals surface area contributed by atoms with Crippen molar-refractivity contribution in [2.24, 2.45) is 0 Å². The van der Waals surface area contributed by atoms with Gasteiger partial charge < -0.3 is 19.7 Å². The van der Waals surface area contributed by atoms with Gasteiger partial charge in [0.15, 0.2) is 11.5 Å². The van der Waals surface area contributed by atoms with Crippen LogP contribution in [-0.2, 0) is 11.2 Å². The molecule has 0 fully saturated rings. The number of hydrogen-bond acceptors (Lipinski definition) is 7. The number of benzene rings is 2. The Hall–Kier alpha value is -3.39. The van der Waals surface area contributed by atoms with E-state index in [4.69, 9.17) is 9.47 Å². The van der Waals surface area contributed by atoms with Crippen LogP contribution in [0.5, 0.6) is 17.2 Å². The van der Waals surface area contributed by atoms with Gasteiger partial charge in [0.05, 0.1) is 18.9 Å². The summed E-state index contributed by atoms with van der Waals surface area (Å²) in [6.07, 6.45) is -0.0619. The molecular weight excluding hydrogens is 418 g/mol. The van der Waals surface area contributed by atoms with Gasteiger partial charge in [-0.05, 0) is 51.1 Å². The first kappa shape index (κ1) is 22.3. The summed E-state index contributed by atoms with van der Waals surface area (Å²) in [5.74, 6) is -0.564. The maximum absolute atomic E-state index is 11.6. The van der Waals surface area contributed by atoms with E-state index in [-0.39, 0.29) is 23.3 Å². The lowest BCUT2D eigenvalue weighted by Gasteiger charge is -2.11. The van der Waals surface area contributed by atoms with Crippen molar-refractivity contribution in [3.8, 4) is 39.1 Å². The zero-order valence-electron chi connectivity index (χ0n) is 17.5. The molecule has 0 atom stereocenters. The molecule has 0 bridgehead atoms. The van der Waals surface area contributed by atoms with Crippen molar-refractivity contribution in [2.75, 3.05) is 13.2 Å². The van der Waals surface area contributed by atoms with E-state index in [1.807, 2.05) is 37.4 Å². The Kier molecular flexibility index (Phi) is 6.91. The summed E-state index contributed by atoms with van der Waals surface area (Å²) in [5.41, 5.74) is 1.91. The van der Waals surface area contributed by atoms with Crippen LogP contribution in [0, 0.1) is 0 Å². The first-order valence-electron chi connectivity index (χ1n) is 9.78. The highest BCUT2D eigenvalue weighted by Gasteiger charge is 2.19. The van der Waals surface area contributed by atoms with Gasteiger partial charge in [-0.3, -0.25) is 4.79 Å². The molecule has 0 aliphatic heterocycles. The number of carboxylic acid groups (broad SMARTS) is 1. The van der Waals surface area contributed by atoms with Crippen LogP contribution in [0.2, 0.25) is 0 Å². The molecule has 0 unspecified atom stereocenters. The number of carbonyl (C=O) groups excluding carboxylic acids is 1. The molecule has 7 nitrogen and oxygen atoms in total. The summed E-state index contributed by atoms with van der Waals surface area (Å²) in [7, 11) is 0. The maximum atomic E-state index is 11.6. The normalized spacial score (nSPS) is 10.7. The lowest BCUT2D eigenvalue weighted by Crippen LogP contribution is -2.03. The van der Waals surface area contributed by atoms with Crippen LogP contribution in [0.3, 0.4) is 0 Å². The number of carboxylic acids is 1. The topological polar surface area (TPSA) is 106 Å². The molecule has 2 N–H and O–H groups in total. The Balaban J connectivity index is 2.02. The number of hydrogen-bond donors (Lipinski definition) is 2. The zero-order chi connectivity index (χ0) is 22.5. The quantitative estimate of drug-likeness (QED) is 0.491. The van der Waals surface area contributed by atoms with Crippen molar-refractivity contribution in [2.45, 2.75) is 27.2 Å². The monoisotopic (exact) mass is 441 g/mol. The fourth-order valence-electron chi connectivity index (χ4n) is 3.13. The number of carbonyl (C=O) groups is 2. The van der Waals surface area contributed by atoms with Gasteiger partial charge in [-0.25, -0.2) is 9.78 Å². The number of aromatic hydroxyl groups is 1. The van der Waals surface area contributed by atoms with E-state index in [1.54, 1.807) is 6.07 Å².